The Morgan fingerprint density at radius 3 is 3.08 bits per heavy atom. The van der Waals surface area contributed by atoms with Crippen LogP contribution in [0.15, 0.2) is 0 Å². The summed E-state index contributed by atoms with van der Waals surface area (Å²) in [5.41, 5.74) is 0. The van der Waals surface area contributed by atoms with Gasteiger partial charge in [0.1, 0.15) is 0 Å². The van der Waals surface area contributed by atoms with Crippen molar-refractivity contribution in [2.45, 2.75) is 18.9 Å². The molecule has 1 atom stereocenters. The maximum absolute atomic E-state index is 5.29. The van der Waals surface area contributed by atoms with Crippen LogP contribution in [0.25, 0.3) is 0 Å². The normalized spacial score (nSPS) is 23.2. The van der Waals surface area contributed by atoms with Crippen LogP contribution in [0.1, 0.15) is 12.8 Å². The van der Waals surface area contributed by atoms with Gasteiger partial charge in [-0.3, -0.25) is 0 Å². The summed E-state index contributed by atoms with van der Waals surface area (Å²) in [5.74, 6) is 0.920. The lowest BCUT2D eigenvalue weighted by atomic mass is 10.2. The van der Waals surface area contributed by atoms with Crippen molar-refractivity contribution in [3.63, 3.8) is 0 Å². The zero-order valence-electron chi connectivity index (χ0n) is 7.42. The Morgan fingerprint density at radius 2 is 2.50 bits per heavy atom. The number of rotatable bonds is 3. The van der Waals surface area contributed by atoms with Crippen LogP contribution in [0.2, 0.25) is 0 Å². The number of hydrogen-bond acceptors (Lipinski definition) is 3. The molecule has 0 aliphatic carbocycles. The first kappa shape index (κ1) is 10.3. The van der Waals surface area contributed by atoms with E-state index in [4.69, 9.17) is 12.2 Å². The highest BCUT2D eigenvalue weighted by atomic mass is 32.1. The van der Waals surface area contributed by atoms with Crippen molar-refractivity contribution < 1.29 is 0 Å². The van der Waals surface area contributed by atoms with E-state index in [1.165, 1.54) is 12.8 Å². The summed E-state index contributed by atoms with van der Waals surface area (Å²) in [6.07, 6.45) is 2.50. The minimum atomic E-state index is 0.578. The molecule has 0 spiro atoms. The monoisotopic (exact) mass is 204 g/mol. The molecule has 1 fully saturated rings. The molecule has 2 nitrogen and oxygen atoms in total. The molecule has 4 heteroatoms. The fourth-order valence-electron chi connectivity index (χ4n) is 1.61. The van der Waals surface area contributed by atoms with Gasteiger partial charge >= 0.3 is 0 Å². The SMILES string of the molecule is CNCC(=S)N1CCC[C@H]1CS. The molecule has 0 aromatic heterocycles. The van der Waals surface area contributed by atoms with Crippen molar-refractivity contribution in [2.24, 2.45) is 0 Å². The summed E-state index contributed by atoms with van der Waals surface area (Å²) >= 11 is 9.60. The van der Waals surface area contributed by atoms with E-state index in [0.717, 1.165) is 23.8 Å². The van der Waals surface area contributed by atoms with Gasteiger partial charge in [-0.1, -0.05) is 12.2 Å². The molecule has 1 aliphatic heterocycles. The second-order valence-corrected chi connectivity index (χ2v) is 3.93. The van der Waals surface area contributed by atoms with E-state index >= 15 is 0 Å². The van der Waals surface area contributed by atoms with Gasteiger partial charge < -0.3 is 10.2 Å². The molecule has 0 amide bonds. The largest absolute Gasteiger partial charge is 0.361 e. The maximum Gasteiger partial charge on any atom is 0.0922 e. The average Bonchev–Trinajstić information content (AvgIpc) is 2.51. The third-order valence-electron chi connectivity index (χ3n) is 2.24. The lowest BCUT2D eigenvalue weighted by Crippen LogP contribution is -2.39. The summed E-state index contributed by atoms with van der Waals surface area (Å²) in [6, 6.07) is 0.578. The van der Waals surface area contributed by atoms with Gasteiger partial charge in [0.15, 0.2) is 0 Å². The highest BCUT2D eigenvalue weighted by Crippen LogP contribution is 2.18. The van der Waals surface area contributed by atoms with Crippen molar-refractivity contribution in [2.75, 3.05) is 25.9 Å². The molecular formula is C8H16N2S2. The van der Waals surface area contributed by atoms with E-state index in [-0.39, 0.29) is 0 Å². The first-order valence-electron chi connectivity index (χ1n) is 4.34. The van der Waals surface area contributed by atoms with Crippen LogP contribution in [0.5, 0.6) is 0 Å². The molecule has 12 heavy (non-hydrogen) atoms. The first-order valence-corrected chi connectivity index (χ1v) is 5.38. The van der Waals surface area contributed by atoms with E-state index in [1.807, 2.05) is 7.05 Å². The molecule has 1 saturated heterocycles. The zero-order chi connectivity index (χ0) is 8.97. The molecule has 1 N–H and O–H groups in total. The Morgan fingerprint density at radius 1 is 1.75 bits per heavy atom. The Balaban J connectivity index is 2.43. The van der Waals surface area contributed by atoms with Crippen molar-refractivity contribution in [1.29, 1.82) is 0 Å². The van der Waals surface area contributed by atoms with E-state index in [2.05, 4.69) is 22.8 Å². The molecule has 0 aromatic carbocycles. The Bertz CT molecular complexity index is 161. The molecule has 0 aromatic rings. The number of likely N-dealkylation sites (N-methyl/N-ethyl adjacent to an activating group) is 1. The summed E-state index contributed by atoms with van der Waals surface area (Å²) in [5, 5.41) is 3.08. The van der Waals surface area contributed by atoms with Gasteiger partial charge in [0.2, 0.25) is 0 Å². The number of hydrogen-bond donors (Lipinski definition) is 2. The van der Waals surface area contributed by atoms with Gasteiger partial charge in [-0.15, -0.1) is 0 Å². The van der Waals surface area contributed by atoms with E-state index in [0.29, 0.717) is 6.04 Å². The molecule has 1 heterocycles. The summed E-state index contributed by atoms with van der Waals surface area (Å²) < 4.78 is 0. The highest BCUT2D eigenvalue weighted by molar-refractivity contribution is 7.80. The van der Waals surface area contributed by atoms with Gasteiger partial charge in [0.25, 0.3) is 0 Å². The number of likely N-dealkylation sites (tertiary alicyclic amines) is 1. The van der Waals surface area contributed by atoms with Crippen molar-refractivity contribution >= 4 is 29.8 Å². The summed E-state index contributed by atoms with van der Waals surface area (Å²) in [6.45, 7) is 1.94. The van der Waals surface area contributed by atoms with Gasteiger partial charge in [-0.2, -0.15) is 12.6 Å². The fourth-order valence-corrected chi connectivity index (χ4v) is 2.37. The van der Waals surface area contributed by atoms with Crippen molar-refractivity contribution in [1.82, 2.24) is 10.2 Å². The van der Waals surface area contributed by atoms with Crippen LogP contribution < -0.4 is 5.32 Å². The van der Waals surface area contributed by atoms with Gasteiger partial charge in [0, 0.05) is 24.9 Å². The quantitative estimate of drug-likeness (QED) is 0.525. The first-order chi connectivity index (χ1) is 5.79. The van der Waals surface area contributed by atoms with Crippen LogP contribution in [0, 0.1) is 0 Å². The Hall–Kier alpha value is 0.200. The minimum absolute atomic E-state index is 0.578. The lowest BCUT2D eigenvalue weighted by molar-refractivity contribution is 0.421. The third kappa shape index (κ3) is 2.34. The zero-order valence-corrected chi connectivity index (χ0v) is 9.13. The van der Waals surface area contributed by atoms with Crippen LogP contribution in [-0.4, -0.2) is 41.8 Å². The molecule has 70 valence electrons. The molecule has 0 radical (unpaired) electrons. The van der Waals surface area contributed by atoms with Crippen LogP contribution in [0.4, 0.5) is 0 Å². The predicted octanol–water partition coefficient (Wildman–Crippen LogP) is 0.927. The average molecular weight is 204 g/mol. The molecule has 0 bridgehead atoms. The Kier molecular flexibility index (Phi) is 4.32. The Labute approximate surface area is 85.1 Å². The molecular weight excluding hydrogens is 188 g/mol. The van der Waals surface area contributed by atoms with Crippen LogP contribution >= 0.6 is 24.8 Å². The third-order valence-corrected chi connectivity index (χ3v) is 3.04. The topological polar surface area (TPSA) is 15.3 Å². The second kappa shape index (κ2) is 5.04. The summed E-state index contributed by atoms with van der Waals surface area (Å²) in [7, 11) is 1.93. The predicted molar refractivity (Wildman–Crippen MR) is 60.1 cm³/mol. The summed E-state index contributed by atoms with van der Waals surface area (Å²) in [4.78, 5) is 3.34. The van der Waals surface area contributed by atoms with Crippen LogP contribution in [0.3, 0.4) is 0 Å². The van der Waals surface area contributed by atoms with E-state index < -0.39 is 0 Å². The van der Waals surface area contributed by atoms with Gasteiger partial charge in [-0.05, 0) is 19.9 Å². The minimum Gasteiger partial charge on any atom is -0.361 e. The molecule has 1 aliphatic rings. The number of thiocarbonyl (C=S) groups is 1. The molecule has 0 saturated carbocycles. The molecule has 0 unspecified atom stereocenters. The maximum atomic E-state index is 5.29. The number of nitrogens with one attached hydrogen (secondary N) is 1. The smallest absolute Gasteiger partial charge is 0.0922 e. The fraction of sp³-hybridized carbons (Fsp3) is 0.875. The van der Waals surface area contributed by atoms with E-state index in [1.54, 1.807) is 0 Å². The van der Waals surface area contributed by atoms with Crippen LogP contribution in [-0.2, 0) is 0 Å². The van der Waals surface area contributed by atoms with Crippen molar-refractivity contribution in [3.05, 3.63) is 0 Å². The van der Waals surface area contributed by atoms with E-state index in [9.17, 15) is 0 Å². The number of nitrogens with zero attached hydrogens (tertiary/aromatic N) is 1. The lowest BCUT2D eigenvalue weighted by Gasteiger charge is -2.25. The molecule has 1 rings (SSSR count). The highest BCUT2D eigenvalue weighted by Gasteiger charge is 2.24. The second-order valence-electron chi connectivity index (χ2n) is 3.10. The van der Waals surface area contributed by atoms with Gasteiger partial charge in [-0.25, -0.2) is 0 Å². The van der Waals surface area contributed by atoms with Gasteiger partial charge in [0.05, 0.1) is 4.99 Å². The standard InChI is InChI=1S/C8H16N2S2/c1-9-5-8(12)10-4-2-3-7(10)6-11/h7,9,11H,2-6H2,1H3/t7-/m0/s1. The van der Waals surface area contributed by atoms with Crippen molar-refractivity contribution in [3.8, 4) is 0 Å². The number of thiol groups is 1.